The molecular formula is C23H19F2N3O2. The predicted molar refractivity (Wildman–Crippen MR) is 110 cm³/mol. The number of hydrogen-bond acceptors (Lipinski definition) is 4. The number of benzene rings is 2. The van der Waals surface area contributed by atoms with E-state index >= 15 is 0 Å². The molecule has 0 saturated heterocycles. The molecule has 5 rings (SSSR count). The third-order valence-electron chi connectivity index (χ3n) is 5.29. The van der Waals surface area contributed by atoms with Crippen LogP contribution >= 0.6 is 0 Å². The number of pyridine rings is 1. The van der Waals surface area contributed by atoms with Gasteiger partial charge in [0.15, 0.2) is 0 Å². The number of rotatable bonds is 6. The summed E-state index contributed by atoms with van der Waals surface area (Å²) >= 11 is 0. The lowest BCUT2D eigenvalue weighted by Gasteiger charge is -2.10. The number of nitrogens with zero attached hydrogens (tertiary/aromatic N) is 2. The summed E-state index contributed by atoms with van der Waals surface area (Å²) in [5, 5.41) is 8.70. The van der Waals surface area contributed by atoms with E-state index in [1.807, 2.05) is 30.3 Å². The molecule has 0 spiro atoms. The molecule has 0 bridgehead atoms. The Hall–Kier alpha value is -3.48. The first-order chi connectivity index (χ1) is 14.6. The average Bonchev–Trinajstić information content (AvgIpc) is 3.52. The van der Waals surface area contributed by atoms with Gasteiger partial charge in [-0.25, -0.2) is 4.98 Å². The first kappa shape index (κ1) is 18.5. The fraction of sp³-hybridized carbons (Fsp3) is 0.217. The third kappa shape index (κ3) is 3.47. The van der Waals surface area contributed by atoms with Gasteiger partial charge in [0.2, 0.25) is 0 Å². The van der Waals surface area contributed by atoms with E-state index in [1.54, 1.807) is 19.2 Å². The van der Waals surface area contributed by atoms with E-state index in [0.29, 0.717) is 5.92 Å². The fourth-order valence-electron chi connectivity index (χ4n) is 3.64. The Kier molecular flexibility index (Phi) is 4.58. The van der Waals surface area contributed by atoms with Crippen molar-refractivity contribution in [2.45, 2.75) is 25.4 Å². The van der Waals surface area contributed by atoms with Crippen molar-refractivity contribution in [2.75, 3.05) is 7.11 Å². The van der Waals surface area contributed by atoms with Crippen molar-refractivity contribution in [1.82, 2.24) is 15.2 Å². The molecular weight excluding hydrogens is 388 g/mol. The zero-order valence-corrected chi connectivity index (χ0v) is 16.2. The molecule has 1 fully saturated rings. The van der Waals surface area contributed by atoms with Crippen LogP contribution in [0, 0.1) is 0 Å². The lowest BCUT2D eigenvalue weighted by molar-refractivity contribution is -0.0498. The van der Waals surface area contributed by atoms with E-state index in [9.17, 15) is 8.78 Å². The van der Waals surface area contributed by atoms with E-state index in [4.69, 9.17) is 9.72 Å². The number of H-pyrrole nitrogens is 1. The molecule has 1 aliphatic rings. The first-order valence-corrected chi connectivity index (χ1v) is 9.71. The number of halogens is 2. The van der Waals surface area contributed by atoms with Crippen molar-refractivity contribution >= 4 is 10.9 Å². The largest absolute Gasteiger partial charge is 0.497 e. The Morgan fingerprint density at radius 2 is 1.63 bits per heavy atom. The molecule has 152 valence electrons. The highest BCUT2D eigenvalue weighted by atomic mass is 19.3. The molecule has 4 aromatic rings. The highest BCUT2D eigenvalue weighted by Gasteiger charge is 2.29. The van der Waals surface area contributed by atoms with Gasteiger partial charge in [0.25, 0.3) is 0 Å². The van der Waals surface area contributed by atoms with Crippen LogP contribution < -0.4 is 9.47 Å². The van der Waals surface area contributed by atoms with Gasteiger partial charge < -0.3 is 9.47 Å². The quantitative estimate of drug-likeness (QED) is 0.440. The van der Waals surface area contributed by atoms with Crippen LogP contribution in [-0.2, 0) is 0 Å². The number of alkyl halides is 2. The molecule has 2 aromatic carbocycles. The molecule has 5 nitrogen and oxygen atoms in total. The second-order valence-electron chi connectivity index (χ2n) is 7.29. The summed E-state index contributed by atoms with van der Waals surface area (Å²) in [6.07, 6.45) is 2.25. The maximum absolute atomic E-state index is 12.5. The van der Waals surface area contributed by atoms with E-state index in [-0.39, 0.29) is 5.75 Å². The molecule has 0 aliphatic heterocycles. The summed E-state index contributed by atoms with van der Waals surface area (Å²) in [6, 6.07) is 16.2. The second kappa shape index (κ2) is 7.40. The smallest absolute Gasteiger partial charge is 0.387 e. The van der Waals surface area contributed by atoms with Gasteiger partial charge in [0.05, 0.1) is 24.0 Å². The van der Waals surface area contributed by atoms with Crippen molar-refractivity contribution in [3.63, 3.8) is 0 Å². The molecule has 1 aliphatic carbocycles. The predicted octanol–water partition coefficient (Wildman–Crippen LogP) is 5.78. The highest BCUT2D eigenvalue weighted by Crippen LogP contribution is 2.44. The van der Waals surface area contributed by atoms with Crippen LogP contribution in [0.2, 0.25) is 0 Å². The minimum atomic E-state index is -2.85. The Morgan fingerprint density at radius 1 is 0.967 bits per heavy atom. The van der Waals surface area contributed by atoms with Gasteiger partial charge in [-0.2, -0.15) is 13.9 Å². The van der Waals surface area contributed by atoms with Gasteiger partial charge in [0.1, 0.15) is 11.5 Å². The molecule has 2 aromatic heterocycles. The SMILES string of the molecule is COc1ccc(-c2cc3n[nH]c(C4CC4)c3c(-c3ccc(OC(F)F)cc3)n2)cc1. The van der Waals surface area contributed by atoms with Crippen LogP contribution in [0.1, 0.15) is 24.5 Å². The fourth-order valence-corrected chi connectivity index (χ4v) is 3.64. The number of hydrogen-bond donors (Lipinski definition) is 1. The van der Waals surface area contributed by atoms with Crippen LogP contribution in [0.5, 0.6) is 11.5 Å². The number of methoxy groups -OCH3 is 1. The summed E-state index contributed by atoms with van der Waals surface area (Å²) in [5.41, 5.74) is 5.23. The number of aromatic amines is 1. The monoisotopic (exact) mass is 407 g/mol. The van der Waals surface area contributed by atoms with Gasteiger partial charge >= 0.3 is 6.61 Å². The van der Waals surface area contributed by atoms with Crippen molar-refractivity contribution in [1.29, 1.82) is 0 Å². The van der Waals surface area contributed by atoms with Gasteiger partial charge in [-0.15, -0.1) is 0 Å². The Bertz CT molecular complexity index is 1180. The van der Waals surface area contributed by atoms with Crippen molar-refractivity contribution in [3.8, 4) is 34.0 Å². The lowest BCUT2D eigenvalue weighted by Crippen LogP contribution is -2.01. The number of ether oxygens (including phenoxy) is 2. The average molecular weight is 407 g/mol. The van der Waals surface area contributed by atoms with E-state index in [1.165, 1.54) is 12.1 Å². The normalized spacial score (nSPS) is 13.7. The number of aromatic nitrogens is 3. The number of fused-ring (bicyclic) bond motifs is 1. The molecule has 2 heterocycles. The first-order valence-electron chi connectivity index (χ1n) is 9.71. The van der Waals surface area contributed by atoms with E-state index < -0.39 is 6.61 Å². The molecule has 1 N–H and O–H groups in total. The summed E-state index contributed by atoms with van der Waals surface area (Å²) in [4.78, 5) is 4.94. The third-order valence-corrected chi connectivity index (χ3v) is 5.29. The summed E-state index contributed by atoms with van der Waals surface area (Å²) in [7, 11) is 1.63. The topological polar surface area (TPSA) is 60.0 Å². The van der Waals surface area contributed by atoms with Crippen LogP contribution in [0.3, 0.4) is 0 Å². The molecule has 0 atom stereocenters. The van der Waals surface area contributed by atoms with Crippen LogP contribution in [0.15, 0.2) is 54.6 Å². The van der Waals surface area contributed by atoms with Crippen LogP contribution in [0.4, 0.5) is 8.78 Å². The van der Waals surface area contributed by atoms with Crippen LogP contribution in [-0.4, -0.2) is 28.9 Å². The van der Waals surface area contributed by atoms with Gasteiger partial charge in [-0.05, 0) is 67.4 Å². The van der Waals surface area contributed by atoms with Gasteiger partial charge in [-0.3, -0.25) is 5.10 Å². The van der Waals surface area contributed by atoms with Crippen molar-refractivity contribution < 1.29 is 18.3 Å². The van der Waals surface area contributed by atoms with Crippen molar-refractivity contribution in [2.24, 2.45) is 0 Å². The number of nitrogens with one attached hydrogen (secondary N) is 1. The van der Waals surface area contributed by atoms with Crippen molar-refractivity contribution in [3.05, 3.63) is 60.3 Å². The van der Waals surface area contributed by atoms with Gasteiger partial charge in [0, 0.05) is 28.1 Å². The standard InChI is InChI=1S/C23H19F2N3O2/c1-29-16-8-4-13(5-9-16)18-12-19-20(22(28-27-19)15-2-3-15)21(26-18)14-6-10-17(11-7-14)30-23(24)25/h4-12,15,23H,2-3H2,1H3,(H,27,28). The molecule has 0 radical (unpaired) electrons. The summed E-state index contributed by atoms with van der Waals surface area (Å²) in [6.45, 7) is -2.85. The Balaban J connectivity index is 1.64. The molecule has 30 heavy (non-hydrogen) atoms. The minimum Gasteiger partial charge on any atom is -0.497 e. The second-order valence-corrected chi connectivity index (χ2v) is 7.29. The van der Waals surface area contributed by atoms with E-state index in [0.717, 1.165) is 57.7 Å². The molecule has 0 amide bonds. The summed E-state index contributed by atoms with van der Waals surface area (Å²) < 4.78 is 34.7. The highest BCUT2D eigenvalue weighted by molar-refractivity contribution is 5.97. The zero-order chi connectivity index (χ0) is 20.7. The zero-order valence-electron chi connectivity index (χ0n) is 16.2. The lowest BCUT2D eigenvalue weighted by atomic mass is 10.0. The molecule has 0 unspecified atom stereocenters. The minimum absolute atomic E-state index is 0.117. The van der Waals surface area contributed by atoms with Gasteiger partial charge in [-0.1, -0.05) is 0 Å². The summed E-state index contributed by atoms with van der Waals surface area (Å²) in [5.74, 6) is 1.35. The van der Waals surface area contributed by atoms with Crippen LogP contribution in [0.25, 0.3) is 33.4 Å². The Morgan fingerprint density at radius 3 is 2.27 bits per heavy atom. The maximum atomic E-state index is 12.5. The maximum Gasteiger partial charge on any atom is 0.387 e. The molecule has 7 heteroatoms. The molecule has 1 saturated carbocycles. The Labute approximate surface area is 171 Å². The van der Waals surface area contributed by atoms with E-state index in [2.05, 4.69) is 14.9 Å².